The summed E-state index contributed by atoms with van der Waals surface area (Å²) in [7, 11) is 0. The number of aryl methyl sites for hydroxylation is 1. The number of aliphatic hydroxyl groups excluding tert-OH is 1. The number of carbonyl (C=O) groups is 2. The first-order chi connectivity index (χ1) is 15.9. The summed E-state index contributed by atoms with van der Waals surface area (Å²) in [6.45, 7) is 1.69. The number of carboxylic acids is 1. The zero-order chi connectivity index (χ0) is 25.0. The molecule has 0 bridgehead atoms. The van der Waals surface area contributed by atoms with Crippen molar-refractivity contribution in [3.05, 3.63) is 82.1 Å². The van der Waals surface area contributed by atoms with Crippen molar-refractivity contribution in [3.8, 4) is 11.5 Å². The molecule has 0 saturated carbocycles. The number of aromatic carboxylic acids is 1. The number of halogens is 4. The molecule has 1 atom stereocenters. The van der Waals surface area contributed by atoms with Crippen LogP contribution in [0.4, 0.5) is 18.9 Å². The third-order valence-electron chi connectivity index (χ3n) is 4.70. The van der Waals surface area contributed by atoms with Crippen molar-refractivity contribution < 1.29 is 37.7 Å². The van der Waals surface area contributed by atoms with Crippen molar-refractivity contribution in [2.24, 2.45) is 0 Å². The number of carbonyl (C=O) groups excluding carboxylic acids is 1. The van der Waals surface area contributed by atoms with Gasteiger partial charge in [-0.05, 0) is 54.4 Å². The molecule has 11 heteroatoms. The van der Waals surface area contributed by atoms with Gasteiger partial charge in [0, 0.05) is 18.0 Å². The second kappa shape index (κ2) is 10.1. The van der Waals surface area contributed by atoms with Crippen LogP contribution in [0.5, 0.6) is 11.5 Å². The van der Waals surface area contributed by atoms with E-state index < -0.39 is 41.2 Å². The molecular formula is C23H18ClF3N2O5. The van der Waals surface area contributed by atoms with E-state index in [1.165, 1.54) is 30.5 Å². The van der Waals surface area contributed by atoms with E-state index in [4.69, 9.17) is 21.4 Å². The summed E-state index contributed by atoms with van der Waals surface area (Å²) >= 11 is 5.57. The monoisotopic (exact) mass is 494 g/mol. The topological polar surface area (TPSA) is 109 Å². The van der Waals surface area contributed by atoms with Crippen LogP contribution in [0.3, 0.4) is 0 Å². The van der Waals surface area contributed by atoms with Crippen LogP contribution >= 0.6 is 11.6 Å². The molecule has 34 heavy (non-hydrogen) atoms. The van der Waals surface area contributed by atoms with E-state index >= 15 is 0 Å². The van der Waals surface area contributed by atoms with Crippen LogP contribution in [-0.4, -0.2) is 27.1 Å². The lowest BCUT2D eigenvalue weighted by Gasteiger charge is -2.15. The molecule has 0 spiro atoms. The van der Waals surface area contributed by atoms with Gasteiger partial charge in [0.05, 0.1) is 23.1 Å². The van der Waals surface area contributed by atoms with E-state index in [0.717, 1.165) is 12.1 Å². The smallest absolute Gasteiger partial charge is 0.417 e. The first-order valence-electron chi connectivity index (χ1n) is 9.76. The first kappa shape index (κ1) is 25.0. The number of hydrogen-bond acceptors (Lipinski definition) is 5. The third kappa shape index (κ3) is 6.24. The normalized spacial score (nSPS) is 12.2. The van der Waals surface area contributed by atoms with Crippen LogP contribution in [0, 0.1) is 6.92 Å². The van der Waals surface area contributed by atoms with Crippen molar-refractivity contribution in [1.82, 2.24) is 4.98 Å². The molecule has 1 heterocycles. The second-order valence-electron chi connectivity index (χ2n) is 7.27. The Balaban J connectivity index is 1.67. The number of anilines is 1. The maximum absolute atomic E-state index is 13.0. The van der Waals surface area contributed by atoms with E-state index in [2.05, 4.69) is 10.3 Å². The summed E-state index contributed by atoms with van der Waals surface area (Å²) in [4.78, 5) is 27.0. The maximum Gasteiger partial charge on any atom is 0.417 e. The van der Waals surface area contributed by atoms with Gasteiger partial charge in [-0.2, -0.15) is 13.2 Å². The van der Waals surface area contributed by atoms with Crippen LogP contribution in [0.1, 0.15) is 39.7 Å². The number of aromatic nitrogens is 1. The zero-order valence-corrected chi connectivity index (χ0v) is 18.3. The molecule has 2 aromatic carbocycles. The molecule has 0 aliphatic carbocycles. The molecule has 3 aromatic rings. The lowest BCUT2D eigenvalue weighted by Crippen LogP contribution is -2.16. The van der Waals surface area contributed by atoms with Gasteiger partial charge in [0.1, 0.15) is 11.5 Å². The summed E-state index contributed by atoms with van der Waals surface area (Å²) < 4.78 is 44.6. The Hall–Kier alpha value is -3.63. The van der Waals surface area contributed by atoms with E-state index in [1.54, 1.807) is 19.1 Å². The summed E-state index contributed by atoms with van der Waals surface area (Å²) in [5, 5.41) is 21.3. The Labute approximate surface area is 196 Å². The molecule has 1 aromatic heterocycles. The van der Waals surface area contributed by atoms with Gasteiger partial charge in [0.2, 0.25) is 5.91 Å². The number of ether oxygens (including phenoxy) is 1. The van der Waals surface area contributed by atoms with E-state index in [0.29, 0.717) is 16.9 Å². The van der Waals surface area contributed by atoms with Gasteiger partial charge in [-0.3, -0.25) is 4.79 Å². The Morgan fingerprint density at radius 2 is 1.88 bits per heavy atom. The van der Waals surface area contributed by atoms with Crippen LogP contribution in [0.2, 0.25) is 5.02 Å². The van der Waals surface area contributed by atoms with Gasteiger partial charge in [-0.1, -0.05) is 17.7 Å². The number of alkyl halides is 3. The molecule has 0 aliphatic rings. The summed E-state index contributed by atoms with van der Waals surface area (Å²) in [5.74, 6) is -1.25. The number of aliphatic hydroxyl groups is 1. The van der Waals surface area contributed by atoms with Crippen LogP contribution in [0.15, 0.2) is 54.7 Å². The summed E-state index contributed by atoms with van der Waals surface area (Å²) in [5.41, 5.74) is -0.391. The van der Waals surface area contributed by atoms with Crippen LogP contribution < -0.4 is 10.1 Å². The molecule has 178 valence electrons. The number of nitrogens with one attached hydrogen (secondary N) is 1. The molecular weight excluding hydrogens is 477 g/mol. The number of pyridine rings is 1. The largest absolute Gasteiger partial charge is 0.477 e. The molecule has 7 nitrogen and oxygen atoms in total. The molecule has 0 radical (unpaired) electrons. The Bertz CT molecular complexity index is 1230. The molecule has 3 N–H and O–H groups in total. The van der Waals surface area contributed by atoms with Crippen LogP contribution in [-0.2, 0) is 11.0 Å². The molecule has 0 saturated heterocycles. The van der Waals surface area contributed by atoms with Gasteiger partial charge in [-0.15, -0.1) is 0 Å². The van der Waals surface area contributed by atoms with Gasteiger partial charge in [-0.25, -0.2) is 9.78 Å². The number of carboxylic acid groups (broad SMARTS) is 1. The number of benzene rings is 2. The highest BCUT2D eigenvalue weighted by atomic mass is 35.5. The summed E-state index contributed by atoms with van der Waals surface area (Å²) in [6.07, 6.45) is -5.02. The second-order valence-corrected chi connectivity index (χ2v) is 7.68. The van der Waals surface area contributed by atoms with Gasteiger partial charge < -0.3 is 20.3 Å². The third-order valence-corrected chi connectivity index (χ3v) is 5.03. The predicted molar refractivity (Wildman–Crippen MR) is 117 cm³/mol. The Morgan fingerprint density at radius 3 is 2.53 bits per heavy atom. The van der Waals surface area contributed by atoms with Crippen LogP contribution in [0.25, 0.3) is 0 Å². The average molecular weight is 495 g/mol. The minimum atomic E-state index is -4.68. The number of nitrogens with zero attached hydrogens (tertiary/aromatic N) is 1. The first-order valence-corrected chi connectivity index (χ1v) is 10.1. The maximum atomic E-state index is 13.0. The van der Waals surface area contributed by atoms with Crippen molar-refractivity contribution in [2.75, 3.05) is 5.32 Å². The number of rotatable bonds is 7. The summed E-state index contributed by atoms with van der Waals surface area (Å²) in [6, 6.07) is 10.4. The van der Waals surface area contributed by atoms with Gasteiger partial charge in [0.25, 0.3) is 0 Å². The minimum absolute atomic E-state index is 0.105. The van der Waals surface area contributed by atoms with E-state index in [-0.39, 0.29) is 17.1 Å². The lowest BCUT2D eigenvalue weighted by molar-refractivity contribution is -0.137. The van der Waals surface area contributed by atoms with E-state index in [1.807, 2.05) is 0 Å². The molecule has 0 fully saturated rings. The minimum Gasteiger partial charge on any atom is -0.477 e. The van der Waals surface area contributed by atoms with E-state index in [9.17, 15) is 27.9 Å². The highest BCUT2D eigenvalue weighted by Crippen LogP contribution is 2.36. The Kier molecular flexibility index (Phi) is 7.43. The van der Waals surface area contributed by atoms with Crippen molar-refractivity contribution in [1.29, 1.82) is 0 Å². The quantitative estimate of drug-likeness (QED) is 0.393. The average Bonchev–Trinajstić information content (AvgIpc) is 2.75. The molecule has 1 unspecified atom stereocenters. The fourth-order valence-electron chi connectivity index (χ4n) is 3.04. The van der Waals surface area contributed by atoms with Gasteiger partial charge >= 0.3 is 12.1 Å². The highest BCUT2D eigenvalue weighted by molar-refractivity contribution is 6.31. The van der Waals surface area contributed by atoms with Gasteiger partial charge in [0.15, 0.2) is 5.69 Å². The van der Waals surface area contributed by atoms with Crippen molar-refractivity contribution in [2.45, 2.75) is 25.6 Å². The number of amides is 1. The highest BCUT2D eigenvalue weighted by Gasteiger charge is 2.33. The lowest BCUT2D eigenvalue weighted by atomic mass is 10.0. The predicted octanol–water partition coefficient (Wildman–Crippen LogP) is 5.61. The fraction of sp³-hybridized carbons (Fsp3) is 0.174. The molecule has 3 rings (SSSR count). The number of hydrogen-bond donors (Lipinski definition) is 3. The standard InChI is InChI=1S/C23H18ClF3N2O5/c1-12-8-13(2-5-20(12)34-15-6-7-28-18(10-15)22(32)33)19(30)11-21(31)29-14-3-4-17(24)16(9-14)23(25,26)27/h2-10,19,30H,11H2,1H3,(H,29,31)(H,32,33). The molecule has 1 amide bonds. The SMILES string of the molecule is Cc1cc(C(O)CC(=O)Nc2ccc(Cl)c(C(F)(F)F)c2)ccc1Oc1ccnc(C(=O)O)c1. The Morgan fingerprint density at radius 1 is 1.15 bits per heavy atom. The fourth-order valence-corrected chi connectivity index (χ4v) is 3.26. The van der Waals surface area contributed by atoms with Crippen molar-refractivity contribution >= 4 is 29.2 Å². The van der Waals surface area contributed by atoms with Crippen molar-refractivity contribution in [3.63, 3.8) is 0 Å². The molecule has 0 aliphatic heterocycles. The zero-order valence-electron chi connectivity index (χ0n) is 17.6.